The second kappa shape index (κ2) is 6.58. The molecule has 0 bridgehead atoms. The Morgan fingerprint density at radius 2 is 1.60 bits per heavy atom. The number of benzene rings is 2. The van der Waals surface area contributed by atoms with Gasteiger partial charge in [0.1, 0.15) is 5.75 Å². The van der Waals surface area contributed by atoms with Gasteiger partial charge in [0.25, 0.3) is 0 Å². The van der Waals surface area contributed by atoms with Crippen LogP contribution in [-0.2, 0) is 12.8 Å². The van der Waals surface area contributed by atoms with E-state index in [-0.39, 0.29) is 0 Å². The largest absolute Gasteiger partial charge is 0.496 e. The number of ether oxygens (including phenoxy) is 1. The molecule has 1 N–H and O–H groups in total. The number of aliphatic hydroxyl groups is 1. The molecular weight excluding hydrogens is 248 g/mol. The highest BCUT2D eigenvalue weighted by atomic mass is 16.5. The predicted octanol–water partition coefficient (Wildman–Crippen LogP) is 3.62. The van der Waals surface area contributed by atoms with E-state index >= 15 is 0 Å². The third kappa shape index (κ3) is 3.61. The molecule has 0 aliphatic carbocycles. The summed E-state index contributed by atoms with van der Waals surface area (Å²) in [6, 6.07) is 18.0. The molecule has 0 amide bonds. The molecule has 0 aliphatic rings. The summed E-state index contributed by atoms with van der Waals surface area (Å²) in [4.78, 5) is 0. The summed E-state index contributed by atoms with van der Waals surface area (Å²) in [7, 11) is 1.67. The molecular formula is C18H22O2. The second-order valence-electron chi connectivity index (χ2n) is 5.23. The first kappa shape index (κ1) is 14.6. The van der Waals surface area contributed by atoms with Crippen LogP contribution in [0.5, 0.6) is 5.75 Å². The van der Waals surface area contributed by atoms with Gasteiger partial charge in [-0.25, -0.2) is 0 Å². The molecule has 0 saturated heterocycles. The summed E-state index contributed by atoms with van der Waals surface area (Å²) >= 11 is 0. The monoisotopic (exact) mass is 270 g/mol. The van der Waals surface area contributed by atoms with Gasteiger partial charge in [-0.05, 0) is 23.6 Å². The molecule has 0 heterocycles. The quantitative estimate of drug-likeness (QED) is 0.868. The van der Waals surface area contributed by atoms with E-state index < -0.39 is 5.60 Å². The minimum atomic E-state index is -0.740. The maximum atomic E-state index is 10.9. The van der Waals surface area contributed by atoms with Crippen molar-refractivity contribution in [2.75, 3.05) is 7.11 Å². The number of methoxy groups -OCH3 is 1. The maximum absolute atomic E-state index is 10.9. The molecule has 2 aromatic carbocycles. The Kier molecular flexibility index (Phi) is 4.80. The van der Waals surface area contributed by atoms with Crippen molar-refractivity contribution in [2.24, 2.45) is 0 Å². The van der Waals surface area contributed by atoms with E-state index in [1.165, 1.54) is 0 Å². The Morgan fingerprint density at radius 3 is 2.25 bits per heavy atom. The average molecular weight is 270 g/mol. The van der Waals surface area contributed by atoms with Gasteiger partial charge in [-0.3, -0.25) is 0 Å². The highest BCUT2D eigenvalue weighted by Gasteiger charge is 2.26. The zero-order valence-corrected chi connectivity index (χ0v) is 12.2. The van der Waals surface area contributed by atoms with Gasteiger partial charge in [0.15, 0.2) is 0 Å². The van der Waals surface area contributed by atoms with Crippen LogP contribution in [0.15, 0.2) is 54.6 Å². The second-order valence-corrected chi connectivity index (χ2v) is 5.23. The zero-order chi connectivity index (χ0) is 14.4. The molecule has 0 radical (unpaired) electrons. The lowest BCUT2D eigenvalue weighted by Crippen LogP contribution is -2.33. The summed E-state index contributed by atoms with van der Waals surface area (Å²) in [6.07, 6.45) is 1.96. The molecule has 0 spiro atoms. The van der Waals surface area contributed by atoms with Crippen molar-refractivity contribution < 1.29 is 9.84 Å². The van der Waals surface area contributed by atoms with Gasteiger partial charge in [0, 0.05) is 12.8 Å². The Hall–Kier alpha value is -1.80. The SMILES string of the molecule is CCC(O)(Cc1ccccc1)Cc1ccccc1OC. The average Bonchev–Trinajstić information content (AvgIpc) is 2.49. The normalized spacial score (nSPS) is 13.8. The fourth-order valence-electron chi connectivity index (χ4n) is 2.49. The lowest BCUT2D eigenvalue weighted by molar-refractivity contribution is 0.0363. The van der Waals surface area contributed by atoms with Crippen LogP contribution >= 0.6 is 0 Å². The highest BCUT2D eigenvalue weighted by molar-refractivity contribution is 5.34. The van der Waals surface area contributed by atoms with Crippen LogP contribution < -0.4 is 4.74 Å². The smallest absolute Gasteiger partial charge is 0.122 e. The van der Waals surface area contributed by atoms with E-state index in [1.807, 2.05) is 49.4 Å². The molecule has 0 fully saturated rings. The minimum absolute atomic E-state index is 0.600. The standard InChI is InChI=1S/C18H22O2/c1-3-18(19,13-15-9-5-4-6-10-15)14-16-11-7-8-12-17(16)20-2/h4-12,19H,3,13-14H2,1-2H3. The number of rotatable bonds is 6. The van der Waals surface area contributed by atoms with Gasteiger partial charge in [-0.2, -0.15) is 0 Å². The molecule has 0 aromatic heterocycles. The lowest BCUT2D eigenvalue weighted by Gasteiger charge is -2.28. The highest BCUT2D eigenvalue weighted by Crippen LogP contribution is 2.27. The van der Waals surface area contributed by atoms with E-state index in [0.29, 0.717) is 19.3 Å². The molecule has 2 rings (SSSR count). The van der Waals surface area contributed by atoms with Gasteiger partial charge in [0.05, 0.1) is 12.7 Å². The predicted molar refractivity (Wildman–Crippen MR) is 82.1 cm³/mol. The third-order valence-electron chi connectivity index (χ3n) is 3.75. The summed E-state index contributed by atoms with van der Waals surface area (Å²) in [5.41, 5.74) is 1.47. The van der Waals surface area contributed by atoms with Crippen LogP contribution in [-0.4, -0.2) is 17.8 Å². The molecule has 0 saturated carbocycles. The van der Waals surface area contributed by atoms with E-state index in [1.54, 1.807) is 7.11 Å². The lowest BCUT2D eigenvalue weighted by atomic mass is 9.85. The Labute approximate surface area is 121 Å². The van der Waals surface area contributed by atoms with Crippen molar-refractivity contribution >= 4 is 0 Å². The van der Waals surface area contributed by atoms with Gasteiger partial charge >= 0.3 is 0 Å². The van der Waals surface area contributed by atoms with Crippen LogP contribution in [0.2, 0.25) is 0 Å². The summed E-state index contributed by atoms with van der Waals surface area (Å²) < 4.78 is 5.37. The molecule has 2 heteroatoms. The first-order valence-corrected chi connectivity index (χ1v) is 7.05. The van der Waals surface area contributed by atoms with Crippen LogP contribution in [0.3, 0.4) is 0 Å². The van der Waals surface area contributed by atoms with Gasteiger partial charge in [-0.1, -0.05) is 55.5 Å². The number of para-hydroxylation sites is 1. The van der Waals surface area contributed by atoms with E-state index in [2.05, 4.69) is 12.1 Å². The van der Waals surface area contributed by atoms with Crippen LogP contribution in [0.1, 0.15) is 24.5 Å². The summed E-state index contributed by atoms with van der Waals surface area (Å²) in [5.74, 6) is 0.840. The molecule has 2 aromatic rings. The maximum Gasteiger partial charge on any atom is 0.122 e. The summed E-state index contributed by atoms with van der Waals surface area (Å²) in [6.45, 7) is 2.03. The van der Waals surface area contributed by atoms with Crippen molar-refractivity contribution in [3.05, 3.63) is 65.7 Å². The molecule has 106 valence electrons. The fourth-order valence-corrected chi connectivity index (χ4v) is 2.49. The van der Waals surface area contributed by atoms with Gasteiger partial charge in [0.2, 0.25) is 0 Å². The van der Waals surface area contributed by atoms with Crippen molar-refractivity contribution in [3.63, 3.8) is 0 Å². The molecule has 1 unspecified atom stereocenters. The zero-order valence-electron chi connectivity index (χ0n) is 12.2. The first-order valence-electron chi connectivity index (χ1n) is 7.05. The molecule has 2 nitrogen and oxygen atoms in total. The van der Waals surface area contributed by atoms with Crippen LogP contribution in [0.25, 0.3) is 0 Å². The van der Waals surface area contributed by atoms with E-state index in [4.69, 9.17) is 4.74 Å². The van der Waals surface area contributed by atoms with Gasteiger partial charge < -0.3 is 9.84 Å². The van der Waals surface area contributed by atoms with Crippen LogP contribution in [0.4, 0.5) is 0 Å². The van der Waals surface area contributed by atoms with Crippen molar-refractivity contribution in [1.82, 2.24) is 0 Å². The number of hydrogen-bond donors (Lipinski definition) is 1. The van der Waals surface area contributed by atoms with E-state index in [9.17, 15) is 5.11 Å². The Balaban J connectivity index is 2.19. The van der Waals surface area contributed by atoms with Crippen molar-refractivity contribution in [3.8, 4) is 5.75 Å². The molecule has 20 heavy (non-hydrogen) atoms. The summed E-state index contributed by atoms with van der Waals surface area (Å²) in [5, 5.41) is 10.9. The van der Waals surface area contributed by atoms with E-state index in [0.717, 1.165) is 16.9 Å². The van der Waals surface area contributed by atoms with Crippen molar-refractivity contribution in [1.29, 1.82) is 0 Å². The van der Waals surface area contributed by atoms with Crippen molar-refractivity contribution in [2.45, 2.75) is 31.8 Å². The molecule has 0 aliphatic heterocycles. The molecule has 1 atom stereocenters. The first-order chi connectivity index (χ1) is 9.67. The van der Waals surface area contributed by atoms with Crippen LogP contribution in [0, 0.1) is 0 Å². The Morgan fingerprint density at radius 1 is 0.950 bits per heavy atom. The minimum Gasteiger partial charge on any atom is -0.496 e. The number of hydrogen-bond acceptors (Lipinski definition) is 2. The van der Waals surface area contributed by atoms with Gasteiger partial charge in [-0.15, -0.1) is 0 Å². The fraction of sp³-hybridized carbons (Fsp3) is 0.333. The third-order valence-corrected chi connectivity index (χ3v) is 3.75. The Bertz CT molecular complexity index is 536. The topological polar surface area (TPSA) is 29.5 Å².